The summed E-state index contributed by atoms with van der Waals surface area (Å²) in [5, 5.41) is 0.613. The van der Waals surface area contributed by atoms with Gasteiger partial charge in [-0.15, -0.1) is 0 Å². The van der Waals surface area contributed by atoms with Crippen molar-refractivity contribution in [3.8, 4) is 11.3 Å². The van der Waals surface area contributed by atoms with Crippen LogP contribution in [-0.4, -0.2) is 17.1 Å². The number of esters is 1. The van der Waals surface area contributed by atoms with E-state index in [2.05, 4.69) is 4.99 Å². The van der Waals surface area contributed by atoms with Crippen LogP contribution >= 0.6 is 22.9 Å². The molecule has 2 aromatic heterocycles. The topological polar surface area (TPSA) is 73.8 Å². The number of fused-ring (bicyclic) bond motifs is 1. The van der Waals surface area contributed by atoms with Crippen molar-refractivity contribution >= 4 is 35.0 Å². The maximum Gasteiger partial charge on any atom is 0.338 e. The lowest BCUT2D eigenvalue weighted by atomic mass is 9.96. The van der Waals surface area contributed by atoms with Crippen LogP contribution in [-0.2, 0) is 9.53 Å². The zero-order valence-corrected chi connectivity index (χ0v) is 20.6. The molecule has 0 saturated heterocycles. The summed E-state index contributed by atoms with van der Waals surface area (Å²) < 4.78 is 13.3. The highest BCUT2D eigenvalue weighted by Gasteiger charge is 2.33. The second-order valence-corrected chi connectivity index (χ2v) is 9.37. The van der Waals surface area contributed by atoms with Gasteiger partial charge in [0, 0.05) is 16.7 Å². The normalized spacial score (nSPS) is 15.6. The summed E-state index contributed by atoms with van der Waals surface area (Å²) in [4.78, 5) is 31.6. The zero-order chi connectivity index (χ0) is 24.5. The van der Waals surface area contributed by atoms with Crippen LogP contribution in [0.4, 0.5) is 0 Å². The van der Waals surface area contributed by atoms with Gasteiger partial charge < -0.3 is 9.15 Å². The van der Waals surface area contributed by atoms with E-state index in [0.29, 0.717) is 37.1 Å². The molecule has 0 bridgehead atoms. The van der Waals surface area contributed by atoms with E-state index >= 15 is 0 Å². The summed E-state index contributed by atoms with van der Waals surface area (Å²) in [6.45, 7) is 3.75. The molecule has 0 aliphatic carbocycles. The van der Waals surface area contributed by atoms with Gasteiger partial charge in [-0.1, -0.05) is 65.4 Å². The lowest BCUT2D eigenvalue weighted by Crippen LogP contribution is -2.39. The van der Waals surface area contributed by atoms with Gasteiger partial charge in [-0.3, -0.25) is 9.36 Å². The molecule has 0 fully saturated rings. The highest BCUT2D eigenvalue weighted by Crippen LogP contribution is 2.30. The summed E-state index contributed by atoms with van der Waals surface area (Å²) in [7, 11) is 0. The molecule has 1 aliphatic rings. The smallest absolute Gasteiger partial charge is 0.338 e. The molecule has 8 heteroatoms. The molecule has 0 radical (unpaired) electrons. The van der Waals surface area contributed by atoms with Crippen LogP contribution in [0.15, 0.2) is 92.2 Å². The van der Waals surface area contributed by atoms with Gasteiger partial charge in [0.05, 0.1) is 28.5 Å². The Labute approximate surface area is 210 Å². The van der Waals surface area contributed by atoms with E-state index in [1.165, 1.54) is 11.3 Å². The maximum atomic E-state index is 13.6. The summed E-state index contributed by atoms with van der Waals surface area (Å²) >= 11 is 7.36. The Hall–Kier alpha value is -3.68. The largest absolute Gasteiger partial charge is 0.463 e. The van der Waals surface area contributed by atoms with Crippen molar-refractivity contribution in [2.45, 2.75) is 19.9 Å². The number of aromatic nitrogens is 1. The number of hydrogen-bond acceptors (Lipinski definition) is 6. The SMILES string of the molecule is CCOC(=O)C1=C(C)N=c2s/c(=C\c3ccc(-c4cccc(Cl)c4)o3)c(=O)n2[C@H]1c1ccccc1. The number of allylic oxidation sites excluding steroid dienone is 1. The fourth-order valence-corrected chi connectivity index (χ4v) is 5.32. The van der Waals surface area contributed by atoms with Crippen molar-refractivity contribution in [1.29, 1.82) is 0 Å². The summed E-state index contributed by atoms with van der Waals surface area (Å²) in [6.07, 6.45) is 1.70. The predicted molar refractivity (Wildman–Crippen MR) is 136 cm³/mol. The highest BCUT2D eigenvalue weighted by atomic mass is 35.5. The Bertz CT molecular complexity index is 1630. The van der Waals surface area contributed by atoms with Crippen LogP contribution in [0.2, 0.25) is 5.02 Å². The Kier molecular flexibility index (Phi) is 6.28. The average Bonchev–Trinajstić information content (AvgIpc) is 3.43. The van der Waals surface area contributed by atoms with Crippen molar-refractivity contribution < 1.29 is 13.9 Å². The minimum atomic E-state index is -0.632. The number of carbonyl (C=O) groups excluding carboxylic acids is 1. The molecule has 0 unspecified atom stereocenters. The number of halogens is 1. The molecule has 0 amide bonds. The number of thiazole rings is 1. The minimum Gasteiger partial charge on any atom is -0.463 e. The van der Waals surface area contributed by atoms with E-state index < -0.39 is 12.0 Å². The molecule has 4 aromatic rings. The highest BCUT2D eigenvalue weighted by molar-refractivity contribution is 7.07. The van der Waals surface area contributed by atoms with E-state index in [0.717, 1.165) is 11.1 Å². The van der Waals surface area contributed by atoms with Crippen molar-refractivity contribution in [2.75, 3.05) is 6.61 Å². The fourth-order valence-electron chi connectivity index (χ4n) is 4.10. The van der Waals surface area contributed by atoms with Crippen LogP contribution in [0.5, 0.6) is 0 Å². The molecule has 6 nitrogen and oxygen atoms in total. The summed E-state index contributed by atoms with van der Waals surface area (Å²) in [6, 6.07) is 19.8. The number of benzene rings is 2. The third-order valence-corrected chi connectivity index (χ3v) is 6.86. The number of rotatable bonds is 5. The average molecular weight is 505 g/mol. The van der Waals surface area contributed by atoms with Crippen LogP contribution in [0, 0.1) is 0 Å². The molecule has 5 rings (SSSR count). The molecular formula is C27H21ClN2O4S. The Morgan fingerprint density at radius 1 is 1.17 bits per heavy atom. The number of ether oxygens (including phenoxy) is 1. The van der Waals surface area contributed by atoms with Crippen LogP contribution in [0.3, 0.4) is 0 Å². The van der Waals surface area contributed by atoms with Crippen LogP contribution in [0.1, 0.15) is 31.2 Å². The van der Waals surface area contributed by atoms with Gasteiger partial charge in [0.15, 0.2) is 4.80 Å². The molecular weight excluding hydrogens is 484 g/mol. The molecule has 3 heterocycles. The van der Waals surface area contributed by atoms with E-state index in [4.69, 9.17) is 20.8 Å². The van der Waals surface area contributed by atoms with Gasteiger partial charge in [-0.25, -0.2) is 9.79 Å². The van der Waals surface area contributed by atoms with Gasteiger partial charge in [0.2, 0.25) is 0 Å². The van der Waals surface area contributed by atoms with Gasteiger partial charge in [0.1, 0.15) is 11.5 Å². The first-order chi connectivity index (χ1) is 17.0. The van der Waals surface area contributed by atoms with Crippen LogP contribution in [0.25, 0.3) is 17.4 Å². The Morgan fingerprint density at radius 2 is 1.97 bits per heavy atom. The van der Waals surface area contributed by atoms with Crippen molar-refractivity contribution in [2.24, 2.45) is 4.99 Å². The van der Waals surface area contributed by atoms with Gasteiger partial charge in [-0.2, -0.15) is 0 Å². The fraction of sp³-hybridized carbons (Fsp3) is 0.148. The minimum absolute atomic E-state index is 0.231. The van der Waals surface area contributed by atoms with Crippen molar-refractivity contribution in [1.82, 2.24) is 4.57 Å². The van der Waals surface area contributed by atoms with E-state index in [1.54, 1.807) is 36.6 Å². The molecule has 0 spiro atoms. The summed E-state index contributed by atoms with van der Waals surface area (Å²) in [5.74, 6) is 0.700. The second kappa shape index (κ2) is 9.52. The van der Waals surface area contributed by atoms with Crippen LogP contribution < -0.4 is 14.9 Å². The number of furan rings is 1. The predicted octanol–water partition coefficient (Wildman–Crippen LogP) is 4.71. The second-order valence-electron chi connectivity index (χ2n) is 7.93. The number of hydrogen-bond donors (Lipinski definition) is 0. The first-order valence-corrected chi connectivity index (χ1v) is 12.3. The van der Waals surface area contributed by atoms with Gasteiger partial charge in [0.25, 0.3) is 5.56 Å². The van der Waals surface area contributed by atoms with Gasteiger partial charge >= 0.3 is 5.97 Å². The van der Waals surface area contributed by atoms with Gasteiger partial charge in [-0.05, 0) is 43.7 Å². The van der Waals surface area contributed by atoms with E-state index in [-0.39, 0.29) is 12.2 Å². The zero-order valence-electron chi connectivity index (χ0n) is 19.0. The van der Waals surface area contributed by atoms with Crippen molar-refractivity contribution in [3.05, 3.63) is 114 Å². The lowest BCUT2D eigenvalue weighted by Gasteiger charge is -2.24. The number of nitrogens with zero attached hydrogens (tertiary/aromatic N) is 2. The maximum absolute atomic E-state index is 13.6. The molecule has 0 saturated carbocycles. The Morgan fingerprint density at radius 3 is 2.71 bits per heavy atom. The third-order valence-electron chi connectivity index (χ3n) is 5.64. The Balaban J connectivity index is 1.63. The number of carbonyl (C=O) groups is 1. The quantitative estimate of drug-likeness (QED) is 0.369. The van der Waals surface area contributed by atoms with E-state index in [1.807, 2.05) is 54.6 Å². The first kappa shape index (κ1) is 23.1. The molecule has 2 aromatic carbocycles. The molecule has 1 atom stereocenters. The molecule has 0 N–H and O–H groups in total. The molecule has 176 valence electrons. The first-order valence-electron chi connectivity index (χ1n) is 11.1. The van der Waals surface area contributed by atoms with E-state index in [9.17, 15) is 9.59 Å². The van der Waals surface area contributed by atoms with Crippen molar-refractivity contribution in [3.63, 3.8) is 0 Å². The molecule has 35 heavy (non-hydrogen) atoms. The standard InChI is InChI=1S/C27H21ClN2O4S/c1-3-33-26(32)23-16(2)29-27-30(24(23)17-8-5-4-6-9-17)25(31)22(35-27)15-20-12-13-21(34-20)18-10-7-11-19(28)14-18/h4-15,24H,3H2,1-2H3/b22-15-/t24-/m0/s1. The summed E-state index contributed by atoms with van der Waals surface area (Å²) in [5.41, 5.74) is 2.29. The molecule has 1 aliphatic heterocycles. The monoisotopic (exact) mass is 504 g/mol. The lowest BCUT2D eigenvalue weighted by molar-refractivity contribution is -0.139. The third kappa shape index (κ3) is 4.40.